The monoisotopic (exact) mass is 522 g/mol. The summed E-state index contributed by atoms with van der Waals surface area (Å²) in [6, 6.07) is 20.6. The zero-order valence-corrected chi connectivity index (χ0v) is 21.2. The Balaban J connectivity index is 1.40. The number of hydrogen-bond donors (Lipinski definition) is 0. The number of carbonyl (C=O) groups excluding carboxylic acids is 1. The predicted molar refractivity (Wildman–Crippen MR) is 146 cm³/mol. The summed E-state index contributed by atoms with van der Waals surface area (Å²) in [5.41, 5.74) is 4.36. The van der Waals surface area contributed by atoms with Gasteiger partial charge in [-0.3, -0.25) is 14.7 Å². The van der Waals surface area contributed by atoms with Crippen molar-refractivity contribution in [3.8, 4) is 16.9 Å². The summed E-state index contributed by atoms with van der Waals surface area (Å²) < 4.78 is 10.0. The first-order valence-electron chi connectivity index (χ1n) is 12.0. The average molecular weight is 523 g/mol. The molecule has 9 heteroatoms. The van der Waals surface area contributed by atoms with E-state index >= 15 is 0 Å². The first kappa shape index (κ1) is 23.7. The summed E-state index contributed by atoms with van der Waals surface area (Å²) in [5, 5.41) is 1.30. The van der Waals surface area contributed by atoms with E-state index in [2.05, 4.69) is 9.97 Å². The number of hydrogen-bond acceptors (Lipinski definition) is 5. The lowest BCUT2D eigenvalue weighted by atomic mass is 10.1. The first-order chi connectivity index (χ1) is 18.6. The number of amides is 1. The highest BCUT2D eigenvalue weighted by Gasteiger charge is 2.29. The van der Waals surface area contributed by atoms with Crippen LogP contribution in [0.4, 0.5) is 5.88 Å². The maximum Gasteiger partial charge on any atom is 0.217 e. The fraction of sp³-hybridized carbons (Fsp3) is 0.103. The number of pyridine rings is 1. The standard InChI is InChI=1S/C29H23ClN6O2/c1-34-26(20-8-10-22(11-9-20)35-14-13-31-18-35)17-33-29(34)25(15-21-5-2-3-12-32-21)36(19-37)28-16-23-24(30)6-4-7-27(23)38-28/h2-14,16-19,25H,15H2,1H3/t25-/m0/s1. The largest absolute Gasteiger partial charge is 0.440 e. The third kappa shape index (κ3) is 4.35. The highest BCUT2D eigenvalue weighted by atomic mass is 35.5. The SMILES string of the molecule is Cn1c(-c2ccc(-n3ccnc3)cc2)cnc1[C@H](Cc1ccccn1)N(C=O)c1cc2c(Cl)cccc2o1. The minimum atomic E-state index is -0.481. The van der Waals surface area contributed by atoms with E-state index in [1.54, 1.807) is 35.8 Å². The molecule has 0 aliphatic rings. The van der Waals surface area contributed by atoms with Crippen molar-refractivity contribution in [2.24, 2.45) is 7.05 Å². The third-order valence-electron chi connectivity index (χ3n) is 6.62. The van der Waals surface area contributed by atoms with Gasteiger partial charge in [0.05, 0.1) is 23.2 Å². The van der Waals surface area contributed by atoms with E-state index in [9.17, 15) is 4.79 Å². The molecule has 8 nitrogen and oxygen atoms in total. The van der Waals surface area contributed by atoms with Gasteiger partial charge in [-0.25, -0.2) is 9.97 Å². The number of rotatable bonds is 8. The number of anilines is 1. The van der Waals surface area contributed by atoms with Gasteiger partial charge < -0.3 is 13.6 Å². The van der Waals surface area contributed by atoms with Crippen molar-refractivity contribution in [1.82, 2.24) is 24.1 Å². The number of nitrogens with zero attached hydrogens (tertiary/aromatic N) is 6. The molecule has 0 bridgehead atoms. The van der Waals surface area contributed by atoms with Crippen LogP contribution in [-0.4, -0.2) is 30.5 Å². The van der Waals surface area contributed by atoms with E-state index in [1.165, 1.54) is 0 Å². The molecule has 4 aromatic heterocycles. The van der Waals surface area contributed by atoms with Crippen molar-refractivity contribution >= 4 is 34.9 Å². The second-order valence-corrected chi connectivity index (χ2v) is 9.27. The molecule has 0 fully saturated rings. The quantitative estimate of drug-likeness (QED) is 0.228. The molecule has 0 unspecified atom stereocenters. The molecule has 2 aromatic carbocycles. The van der Waals surface area contributed by atoms with Crippen LogP contribution >= 0.6 is 11.6 Å². The number of fused-ring (bicyclic) bond motifs is 1. The molecule has 1 amide bonds. The Morgan fingerprint density at radius 3 is 2.63 bits per heavy atom. The molecule has 0 aliphatic carbocycles. The maximum absolute atomic E-state index is 12.6. The molecule has 0 aliphatic heterocycles. The molecule has 38 heavy (non-hydrogen) atoms. The van der Waals surface area contributed by atoms with Gasteiger partial charge in [0.1, 0.15) is 17.4 Å². The molecule has 0 spiro atoms. The second kappa shape index (κ2) is 9.99. The molecular formula is C29H23ClN6O2. The smallest absolute Gasteiger partial charge is 0.217 e. The Morgan fingerprint density at radius 2 is 1.92 bits per heavy atom. The highest BCUT2D eigenvalue weighted by Crippen LogP contribution is 2.36. The van der Waals surface area contributed by atoms with E-state index in [1.807, 2.05) is 83.2 Å². The number of halogens is 1. The van der Waals surface area contributed by atoms with Crippen molar-refractivity contribution in [2.45, 2.75) is 12.5 Å². The Morgan fingerprint density at radius 1 is 1.05 bits per heavy atom. The summed E-state index contributed by atoms with van der Waals surface area (Å²) in [6.07, 6.45) is 10.2. The molecule has 0 radical (unpaired) electrons. The topological polar surface area (TPSA) is 82.0 Å². The normalized spacial score (nSPS) is 12.1. The number of carbonyl (C=O) groups is 1. The number of furan rings is 1. The summed E-state index contributed by atoms with van der Waals surface area (Å²) in [4.78, 5) is 27.5. The molecule has 188 valence electrons. The number of aromatic nitrogens is 5. The lowest BCUT2D eigenvalue weighted by Gasteiger charge is -2.26. The fourth-order valence-corrected chi connectivity index (χ4v) is 4.89. The van der Waals surface area contributed by atoms with E-state index in [0.29, 0.717) is 28.7 Å². The van der Waals surface area contributed by atoms with Gasteiger partial charge in [0, 0.05) is 54.9 Å². The molecule has 4 heterocycles. The van der Waals surface area contributed by atoms with Crippen LogP contribution in [0.25, 0.3) is 27.9 Å². The van der Waals surface area contributed by atoms with Crippen molar-refractivity contribution in [3.63, 3.8) is 0 Å². The number of imidazole rings is 2. The Labute approximate surface area is 223 Å². The minimum Gasteiger partial charge on any atom is -0.440 e. The van der Waals surface area contributed by atoms with Gasteiger partial charge in [0.15, 0.2) is 0 Å². The zero-order chi connectivity index (χ0) is 26.1. The highest BCUT2D eigenvalue weighted by molar-refractivity contribution is 6.35. The van der Waals surface area contributed by atoms with Crippen molar-refractivity contribution < 1.29 is 9.21 Å². The molecule has 0 saturated heterocycles. The molecule has 0 N–H and O–H groups in total. The van der Waals surface area contributed by atoms with Crippen LogP contribution in [0.2, 0.25) is 5.02 Å². The fourth-order valence-electron chi connectivity index (χ4n) is 4.67. The van der Waals surface area contributed by atoms with Gasteiger partial charge >= 0.3 is 0 Å². The maximum atomic E-state index is 12.6. The molecule has 0 saturated carbocycles. The predicted octanol–water partition coefficient (Wildman–Crippen LogP) is 6.01. The first-order valence-corrected chi connectivity index (χ1v) is 12.4. The van der Waals surface area contributed by atoms with E-state index in [-0.39, 0.29) is 0 Å². The van der Waals surface area contributed by atoms with Crippen LogP contribution in [0.3, 0.4) is 0 Å². The minimum absolute atomic E-state index is 0.387. The number of benzene rings is 2. The van der Waals surface area contributed by atoms with Crippen LogP contribution in [0.15, 0.2) is 102 Å². The van der Waals surface area contributed by atoms with Crippen LogP contribution in [0.5, 0.6) is 0 Å². The van der Waals surface area contributed by atoms with Gasteiger partial charge in [0.25, 0.3) is 0 Å². The summed E-state index contributed by atoms with van der Waals surface area (Å²) in [6.45, 7) is 0. The van der Waals surface area contributed by atoms with E-state index in [0.717, 1.165) is 34.4 Å². The lowest BCUT2D eigenvalue weighted by molar-refractivity contribution is -0.108. The van der Waals surface area contributed by atoms with Gasteiger partial charge in [-0.15, -0.1) is 0 Å². The molecule has 1 atom stereocenters. The third-order valence-corrected chi connectivity index (χ3v) is 6.95. The van der Waals surface area contributed by atoms with Gasteiger partial charge in [-0.05, 0) is 42.0 Å². The van der Waals surface area contributed by atoms with E-state index in [4.69, 9.17) is 21.0 Å². The van der Waals surface area contributed by atoms with E-state index < -0.39 is 6.04 Å². The molecular weight excluding hydrogens is 500 g/mol. The summed E-state index contributed by atoms with van der Waals surface area (Å²) >= 11 is 6.39. The van der Waals surface area contributed by atoms with Gasteiger partial charge in [0.2, 0.25) is 12.3 Å². The van der Waals surface area contributed by atoms with Crippen LogP contribution < -0.4 is 4.90 Å². The zero-order valence-electron chi connectivity index (χ0n) is 20.5. The Hall–Kier alpha value is -4.69. The second-order valence-electron chi connectivity index (χ2n) is 8.87. The summed E-state index contributed by atoms with van der Waals surface area (Å²) in [7, 11) is 1.95. The van der Waals surface area contributed by atoms with Crippen LogP contribution in [-0.2, 0) is 18.3 Å². The average Bonchev–Trinajstić information content (AvgIpc) is 3.70. The summed E-state index contributed by atoms with van der Waals surface area (Å²) in [5.74, 6) is 1.08. The van der Waals surface area contributed by atoms with Crippen LogP contribution in [0, 0.1) is 0 Å². The lowest BCUT2D eigenvalue weighted by Crippen LogP contribution is -2.31. The Kier molecular flexibility index (Phi) is 6.23. The van der Waals surface area contributed by atoms with Gasteiger partial charge in [-0.1, -0.05) is 35.9 Å². The van der Waals surface area contributed by atoms with Crippen molar-refractivity contribution in [3.05, 3.63) is 114 Å². The van der Waals surface area contributed by atoms with Gasteiger partial charge in [-0.2, -0.15) is 0 Å². The molecule has 6 rings (SSSR count). The molecule has 6 aromatic rings. The van der Waals surface area contributed by atoms with Crippen molar-refractivity contribution in [2.75, 3.05) is 4.90 Å². The van der Waals surface area contributed by atoms with Crippen molar-refractivity contribution in [1.29, 1.82) is 0 Å². The van der Waals surface area contributed by atoms with Crippen LogP contribution in [0.1, 0.15) is 17.6 Å². The Bertz CT molecular complexity index is 1690.